The van der Waals surface area contributed by atoms with Gasteiger partial charge in [0.25, 0.3) is 0 Å². The number of hydrogen-bond acceptors (Lipinski definition) is 4. The van der Waals surface area contributed by atoms with Crippen LogP contribution in [-0.2, 0) is 18.4 Å². The minimum atomic E-state index is 0.108. The molecule has 0 aliphatic rings. The molecule has 0 radical (unpaired) electrons. The maximum Gasteiger partial charge on any atom is 0.113 e. The van der Waals surface area contributed by atoms with Crippen LogP contribution >= 0.6 is 11.3 Å². The van der Waals surface area contributed by atoms with Crippen molar-refractivity contribution < 1.29 is 0 Å². The second-order valence-corrected chi connectivity index (χ2v) is 7.16. The van der Waals surface area contributed by atoms with Crippen LogP contribution < -0.4 is 5.73 Å². The van der Waals surface area contributed by atoms with Crippen LogP contribution in [-0.4, -0.2) is 20.6 Å². The van der Waals surface area contributed by atoms with Crippen molar-refractivity contribution in [2.24, 2.45) is 5.73 Å². The van der Waals surface area contributed by atoms with Gasteiger partial charge in [0.15, 0.2) is 0 Å². The lowest BCUT2D eigenvalue weighted by atomic mass is 9.93. The van der Waals surface area contributed by atoms with Crippen LogP contribution in [0.2, 0.25) is 0 Å². The van der Waals surface area contributed by atoms with Gasteiger partial charge in [-0.1, -0.05) is 27.7 Å². The third-order valence-electron chi connectivity index (χ3n) is 3.40. The van der Waals surface area contributed by atoms with Crippen LogP contribution in [0.25, 0.3) is 0 Å². The molecule has 2 heterocycles. The normalized spacial score (nSPS) is 13.7. The monoisotopic (exact) mass is 292 g/mol. The van der Waals surface area contributed by atoms with E-state index >= 15 is 0 Å². The summed E-state index contributed by atoms with van der Waals surface area (Å²) in [5.41, 5.74) is 7.29. The molecule has 5 heteroatoms. The molecule has 0 aliphatic heterocycles. The average Bonchev–Trinajstić information content (AvgIpc) is 2.99. The summed E-state index contributed by atoms with van der Waals surface area (Å²) in [5, 5.41) is 3.28. The molecule has 4 nitrogen and oxygen atoms in total. The zero-order valence-corrected chi connectivity index (χ0v) is 13.6. The number of rotatable bonds is 5. The van der Waals surface area contributed by atoms with Crippen LogP contribution in [0.4, 0.5) is 0 Å². The van der Waals surface area contributed by atoms with Gasteiger partial charge in [0.1, 0.15) is 10.8 Å². The summed E-state index contributed by atoms with van der Waals surface area (Å²) in [6, 6.07) is 0.178. The highest BCUT2D eigenvalue weighted by molar-refractivity contribution is 7.09. The van der Waals surface area contributed by atoms with E-state index in [1.807, 2.05) is 12.4 Å². The third-order valence-corrected chi connectivity index (χ3v) is 4.23. The van der Waals surface area contributed by atoms with Crippen LogP contribution in [0, 0.1) is 0 Å². The van der Waals surface area contributed by atoms with E-state index in [4.69, 9.17) is 10.7 Å². The van der Waals surface area contributed by atoms with Crippen molar-refractivity contribution in [3.05, 3.63) is 34.3 Å². The molecular formula is C15H24N4S. The van der Waals surface area contributed by atoms with Gasteiger partial charge in [-0.15, -0.1) is 11.3 Å². The average molecular weight is 292 g/mol. The number of hydrogen-bond donors (Lipinski definition) is 1. The first kappa shape index (κ1) is 15.2. The minimum absolute atomic E-state index is 0.108. The van der Waals surface area contributed by atoms with Gasteiger partial charge in [-0.3, -0.25) is 0 Å². The highest BCUT2D eigenvalue weighted by Gasteiger charge is 2.18. The Kier molecular flexibility index (Phi) is 4.60. The minimum Gasteiger partial charge on any atom is -0.328 e. The number of imidazole rings is 1. The van der Waals surface area contributed by atoms with Gasteiger partial charge in [-0.25, -0.2) is 9.97 Å². The van der Waals surface area contributed by atoms with E-state index in [0.29, 0.717) is 0 Å². The molecule has 0 saturated heterocycles. The highest BCUT2D eigenvalue weighted by Crippen LogP contribution is 2.24. The Morgan fingerprint density at radius 3 is 2.75 bits per heavy atom. The second-order valence-electron chi connectivity index (χ2n) is 6.22. The largest absolute Gasteiger partial charge is 0.328 e. The fraction of sp³-hybridized carbons (Fsp3) is 0.600. The van der Waals surface area contributed by atoms with E-state index in [0.717, 1.165) is 35.9 Å². The van der Waals surface area contributed by atoms with Gasteiger partial charge >= 0.3 is 0 Å². The maximum atomic E-state index is 6.02. The molecule has 2 rings (SSSR count). The SMILES string of the molecule is CCC(N)Cc1nccn1Cc1nc(C(C)(C)C)cs1. The molecule has 1 atom stereocenters. The Balaban J connectivity index is 2.11. The summed E-state index contributed by atoms with van der Waals surface area (Å²) in [6.45, 7) is 9.46. The van der Waals surface area contributed by atoms with Crippen molar-refractivity contribution in [3.63, 3.8) is 0 Å². The summed E-state index contributed by atoms with van der Waals surface area (Å²) in [7, 11) is 0. The van der Waals surface area contributed by atoms with Gasteiger partial charge in [0, 0.05) is 35.7 Å². The summed E-state index contributed by atoms with van der Waals surface area (Å²) in [4.78, 5) is 9.15. The quantitative estimate of drug-likeness (QED) is 0.921. The molecule has 2 N–H and O–H groups in total. The van der Waals surface area contributed by atoms with Gasteiger partial charge in [0.2, 0.25) is 0 Å². The Bertz CT molecular complexity index is 550. The zero-order chi connectivity index (χ0) is 14.8. The third kappa shape index (κ3) is 3.67. The molecule has 0 bridgehead atoms. The number of thiazole rings is 1. The Labute approximate surface area is 125 Å². The lowest BCUT2D eigenvalue weighted by Gasteiger charge is -2.14. The summed E-state index contributed by atoms with van der Waals surface area (Å²) < 4.78 is 2.15. The predicted octanol–water partition coefficient (Wildman–Crippen LogP) is 2.97. The van der Waals surface area contributed by atoms with Crippen molar-refractivity contribution >= 4 is 11.3 Å². The topological polar surface area (TPSA) is 56.7 Å². The van der Waals surface area contributed by atoms with E-state index in [1.165, 1.54) is 0 Å². The number of nitrogens with zero attached hydrogens (tertiary/aromatic N) is 3. The lowest BCUT2D eigenvalue weighted by Crippen LogP contribution is -2.23. The van der Waals surface area contributed by atoms with Crippen LogP contribution in [0.1, 0.15) is 50.6 Å². The van der Waals surface area contributed by atoms with Crippen molar-refractivity contribution in [3.8, 4) is 0 Å². The van der Waals surface area contributed by atoms with E-state index < -0.39 is 0 Å². The standard InChI is InChI=1S/C15H24N4S/c1-5-11(16)8-13-17-6-7-19(13)9-14-18-12(10-20-14)15(2,3)4/h6-7,10-11H,5,8-9,16H2,1-4H3. The molecule has 110 valence electrons. The van der Waals surface area contributed by atoms with Gasteiger partial charge in [-0.05, 0) is 6.42 Å². The Morgan fingerprint density at radius 2 is 2.15 bits per heavy atom. The van der Waals surface area contributed by atoms with Gasteiger partial charge in [0.05, 0.1) is 12.2 Å². The summed E-state index contributed by atoms with van der Waals surface area (Å²) in [5.74, 6) is 1.05. The zero-order valence-electron chi connectivity index (χ0n) is 12.8. The van der Waals surface area contributed by atoms with Crippen LogP contribution in [0.15, 0.2) is 17.8 Å². The van der Waals surface area contributed by atoms with E-state index in [1.54, 1.807) is 11.3 Å². The maximum absolute atomic E-state index is 6.02. The van der Waals surface area contributed by atoms with Gasteiger partial charge in [-0.2, -0.15) is 0 Å². The molecule has 0 fully saturated rings. The predicted molar refractivity (Wildman–Crippen MR) is 84.1 cm³/mol. The highest BCUT2D eigenvalue weighted by atomic mass is 32.1. The van der Waals surface area contributed by atoms with E-state index in [-0.39, 0.29) is 11.5 Å². The first-order valence-electron chi connectivity index (χ1n) is 7.10. The molecule has 1 unspecified atom stereocenters. The van der Waals surface area contributed by atoms with Gasteiger partial charge < -0.3 is 10.3 Å². The lowest BCUT2D eigenvalue weighted by molar-refractivity contribution is 0.567. The molecule has 0 spiro atoms. The van der Waals surface area contributed by atoms with Crippen molar-refractivity contribution in [2.75, 3.05) is 0 Å². The summed E-state index contributed by atoms with van der Waals surface area (Å²) >= 11 is 1.72. The molecule has 2 aromatic heterocycles. The Morgan fingerprint density at radius 1 is 1.40 bits per heavy atom. The number of aromatic nitrogens is 3. The second kappa shape index (κ2) is 6.06. The molecule has 0 aliphatic carbocycles. The summed E-state index contributed by atoms with van der Waals surface area (Å²) in [6.07, 6.45) is 5.64. The van der Waals surface area contributed by atoms with E-state index in [9.17, 15) is 0 Å². The smallest absolute Gasteiger partial charge is 0.113 e. The first-order chi connectivity index (χ1) is 9.40. The molecule has 20 heavy (non-hydrogen) atoms. The molecular weight excluding hydrogens is 268 g/mol. The van der Waals surface area contributed by atoms with Crippen molar-refractivity contribution in [1.82, 2.24) is 14.5 Å². The van der Waals surface area contributed by atoms with E-state index in [2.05, 4.69) is 42.6 Å². The fourth-order valence-corrected chi connectivity index (χ4v) is 2.95. The molecule has 2 aromatic rings. The van der Waals surface area contributed by atoms with Crippen LogP contribution in [0.3, 0.4) is 0 Å². The molecule has 0 aromatic carbocycles. The van der Waals surface area contributed by atoms with Crippen molar-refractivity contribution in [1.29, 1.82) is 0 Å². The molecule has 0 amide bonds. The first-order valence-corrected chi connectivity index (χ1v) is 7.98. The van der Waals surface area contributed by atoms with Crippen molar-refractivity contribution in [2.45, 2.75) is 58.5 Å². The van der Waals surface area contributed by atoms with Crippen LogP contribution in [0.5, 0.6) is 0 Å². The Hall–Kier alpha value is -1.20. The fourth-order valence-electron chi connectivity index (χ4n) is 1.93. The molecule has 0 saturated carbocycles. The number of nitrogens with two attached hydrogens (primary N) is 1.